The third kappa shape index (κ3) is 4.66. The summed E-state index contributed by atoms with van der Waals surface area (Å²) in [6.07, 6.45) is 0.823. The van der Waals surface area contributed by atoms with Crippen molar-refractivity contribution in [1.29, 1.82) is 0 Å². The average Bonchev–Trinajstić information content (AvgIpc) is 3.13. The van der Waals surface area contributed by atoms with Gasteiger partial charge in [-0.1, -0.05) is 66.6 Å². The van der Waals surface area contributed by atoms with Crippen molar-refractivity contribution in [3.05, 3.63) is 56.3 Å². The Kier molecular flexibility index (Phi) is 6.14. The summed E-state index contributed by atoms with van der Waals surface area (Å²) in [4.78, 5) is 12.7. The van der Waals surface area contributed by atoms with Crippen molar-refractivity contribution >= 4 is 45.6 Å². The molecule has 2 aromatic heterocycles. The van der Waals surface area contributed by atoms with Crippen LogP contribution in [0.1, 0.15) is 40.5 Å². The zero-order valence-electron chi connectivity index (χ0n) is 15.2. The Morgan fingerprint density at radius 2 is 2.00 bits per heavy atom. The Morgan fingerprint density at radius 3 is 2.70 bits per heavy atom. The lowest BCUT2D eigenvalue weighted by atomic mass is 10.1. The van der Waals surface area contributed by atoms with Gasteiger partial charge in [0, 0.05) is 11.4 Å². The van der Waals surface area contributed by atoms with Gasteiger partial charge in [0.2, 0.25) is 5.13 Å². The predicted molar refractivity (Wildman–Crippen MR) is 109 cm³/mol. The molecule has 0 fully saturated rings. The summed E-state index contributed by atoms with van der Waals surface area (Å²) in [5.41, 5.74) is 1.73. The monoisotopic (exact) mass is 423 g/mol. The molecule has 0 bridgehead atoms. The highest BCUT2D eigenvalue weighted by molar-refractivity contribution is 7.15. The maximum Gasteiger partial charge on any atom is 0.262 e. The van der Waals surface area contributed by atoms with Gasteiger partial charge in [-0.3, -0.25) is 10.1 Å². The molecule has 27 heavy (non-hydrogen) atoms. The molecule has 3 rings (SSSR count). The van der Waals surface area contributed by atoms with Crippen LogP contribution in [0.25, 0.3) is 0 Å². The van der Waals surface area contributed by atoms with Crippen LogP contribution < -0.4 is 5.32 Å². The van der Waals surface area contributed by atoms with E-state index in [1.165, 1.54) is 11.3 Å². The molecule has 142 valence electrons. The van der Waals surface area contributed by atoms with Crippen LogP contribution in [-0.2, 0) is 13.0 Å². The third-order valence-electron chi connectivity index (χ3n) is 3.84. The fourth-order valence-electron chi connectivity index (χ4n) is 2.60. The molecule has 0 atom stereocenters. The Hall–Kier alpha value is -1.96. The largest absolute Gasteiger partial charge is 0.296 e. The molecule has 1 aromatic carbocycles. The highest BCUT2D eigenvalue weighted by Crippen LogP contribution is 2.25. The first-order valence-electron chi connectivity index (χ1n) is 8.45. The Bertz CT molecular complexity index is 967. The Labute approximate surface area is 171 Å². The topological polar surface area (TPSA) is 72.7 Å². The van der Waals surface area contributed by atoms with E-state index in [0.717, 1.165) is 17.0 Å². The summed E-state index contributed by atoms with van der Waals surface area (Å²) in [5.74, 6) is 0.122. The summed E-state index contributed by atoms with van der Waals surface area (Å²) in [7, 11) is 0. The van der Waals surface area contributed by atoms with Crippen LogP contribution in [0.5, 0.6) is 0 Å². The normalized spacial score (nSPS) is 11.2. The number of aromatic nitrogens is 4. The van der Waals surface area contributed by atoms with Gasteiger partial charge in [0.25, 0.3) is 5.91 Å². The van der Waals surface area contributed by atoms with Crippen molar-refractivity contribution in [2.75, 3.05) is 5.32 Å². The van der Waals surface area contributed by atoms with Crippen molar-refractivity contribution in [2.45, 2.75) is 33.7 Å². The lowest BCUT2D eigenvalue weighted by Gasteiger charge is -2.06. The first kappa shape index (κ1) is 19.8. The number of anilines is 1. The van der Waals surface area contributed by atoms with Crippen LogP contribution in [0.4, 0.5) is 5.13 Å². The van der Waals surface area contributed by atoms with E-state index in [1.54, 1.807) is 17.7 Å². The minimum Gasteiger partial charge on any atom is -0.296 e. The number of nitrogens with one attached hydrogen (secondary N) is 1. The number of carbonyl (C=O) groups is 1. The van der Waals surface area contributed by atoms with Gasteiger partial charge < -0.3 is 0 Å². The fourth-order valence-corrected chi connectivity index (χ4v) is 4.06. The zero-order chi connectivity index (χ0) is 19.6. The molecule has 3 aromatic rings. The van der Waals surface area contributed by atoms with E-state index >= 15 is 0 Å². The predicted octanol–water partition coefficient (Wildman–Crippen LogP) is 4.85. The molecule has 0 unspecified atom stereocenters. The molecular weight excluding hydrogens is 405 g/mol. The molecule has 0 saturated heterocycles. The SMILES string of the molecule is Cc1nn(Cc2ccccc2Cl)c(Cl)c1C(=O)Nc1nnc(CC(C)C)s1. The van der Waals surface area contributed by atoms with Gasteiger partial charge in [0.1, 0.15) is 10.2 Å². The molecule has 9 heteroatoms. The lowest BCUT2D eigenvalue weighted by Crippen LogP contribution is -2.13. The quantitative estimate of drug-likeness (QED) is 0.614. The number of aryl methyl sites for hydroxylation is 1. The third-order valence-corrected chi connectivity index (χ3v) is 5.45. The minimum absolute atomic E-state index is 0.261. The van der Waals surface area contributed by atoms with Crippen LogP contribution in [0.3, 0.4) is 0 Å². The number of hydrogen-bond acceptors (Lipinski definition) is 5. The second-order valence-corrected chi connectivity index (χ2v) is 8.38. The van der Waals surface area contributed by atoms with Crippen molar-refractivity contribution in [2.24, 2.45) is 5.92 Å². The van der Waals surface area contributed by atoms with E-state index in [-0.39, 0.29) is 11.1 Å². The van der Waals surface area contributed by atoms with E-state index in [2.05, 4.69) is 34.5 Å². The molecule has 0 saturated carbocycles. The van der Waals surface area contributed by atoms with Gasteiger partial charge >= 0.3 is 0 Å². The van der Waals surface area contributed by atoms with Crippen LogP contribution in [-0.4, -0.2) is 25.9 Å². The summed E-state index contributed by atoms with van der Waals surface area (Å²) in [6.45, 7) is 6.34. The molecule has 0 radical (unpaired) electrons. The number of carbonyl (C=O) groups excluding carboxylic acids is 1. The van der Waals surface area contributed by atoms with Crippen LogP contribution in [0.15, 0.2) is 24.3 Å². The van der Waals surface area contributed by atoms with Gasteiger partial charge in [0.15, 0.2) is 0 Å². The number of amides is 1. The summed E-state index contributed by atoms with van der Waals surface area (Å²) >= 11 is 14.0. The molecule has 2 heterocycles. The summed E-state index contributed by atoms with van der Waals surface area (Å²) < 4.78 is 1.57. The number of halogens is 2. The summed E-state index contributed by atoms with van der Waals surface area (Å²) in [6, 6.07) is 7.45. The van der Waals surface area contributed by atoms with Crippen molar-refractivity contribution in [1.82, 2.24) is 20.0 Å². The van der Waals surface area contributed by atoms with E-state index in [0.29, 0.717) is 33.9 Å². The smallest absolute Gasteiger partial charge is 0.262 e. The van der Waals surface area contributed by atoms with Gasteiger partial charge in [-0.15, -0.1) is 10.2 Å². The lowest BCUT2D eigenvalue weighted by molar-refractivity contribution is 0.102. The number of benzene rings is 1. The highest BCUT2D eigenvalue weighted by Gasteiger charge is 2.22. The fraction of sp³-hybridized carbons (Fsp3) is 0.333. The number of hydrogen-bond donors (Lipinski definition) is 1. The Morgan fingerprint density at radius 1 is 1.26 bits per heavy atom. The second-order valence-electron chi connectivity index (χ2n) is 6.55. The first-order valence-corrected chi connectivity index (χ1v) is 10.0. The second kappa shape index (κ2) is 8.37. The van der Waals surface area contributed by atoms with Crippen LogP contribution >= 0.6 is 34.5 Å². The van der Waals surface area contributed by atoms with Gasteiger partial charge in [-0.2, -0.15) is 5.10 Å². The number of nitrogens with zero attached hydrogens (tertiary/aromatic N) is 4. The van der Waals surface area contributed by atoms with Gasteiger partial charge in [-0.05, 0) is 24.5 Å². The standard InChI is InChI=1S/C18H19Cl2N5OS/c1-10(2)8-14-22-23-18(27-14)21-17(26)15-11(3)24-25(16(15)20)9-12-6-4-5-7-13(12)19/h4-7,10H,8-9H2,1-3H3,(H,21,23,26). The molecule has 1 N–H and O–H groups in total. The first-order chi connectivity index (χ1) is 12.8. The van der Waals surface area contributed by atoms with Crippen molar-refractivity contribution in [3.8, 4) is 0 Å². The van der Waals surface area contributed by atoms with Gasteiger partial charge in [0.05, 0.1) is 17.8 Å². The highest BCUT2D eigenvalue weighted by atomic mass is 35.5. The van der Waals surface area contributed by atoms with E-state index < -0.39 is 0 Å². The molecule has 1 amide bonds. The zero-order valence-corrected chi connectivity index (χ0v) is 17.5. The minimum atomic E-state index is -0.352. The van der Waals surface area contributed by atoms with E-state index in [9.17, 15) is 4.79 Å². The maximum absolute atomic E-state index is 12.7. The molecule has 0 spiro atoms. The van der Waals surface area contributed by atoms with Crippen molar-refractivity contribution in [3.63, 3.8) is 0 Å². The van der Waals surface area contributed by atoms with E-state index in [4.69, 9.17) is 23.2 Å². The van der Waals surface area contributed by atoms with E-state index in [1.807, 2.05) is 18.2 Å². The van der Waals surface area contributed by atoms with Crippen LogP contribution in [0, 0.1) is 12.8 Å². The molecule has 0 aliphatic rings. The van der Waals surface area contributed by atoms with Crippen molar-refractivity contribution < 1.29 is 4.79 Å². The van der Waals surface area contributed by atoms with Crippen LogP contribution in [0.2, 0.25) is 10.2 Å². The molecule has 0 aliphatic carbocycles. The Balaban J connectivity index is 1.78. The number of rotatable bonds is 6. The van der Waals surface area contributed by atoms with Gasteiger partial charge in [-0.25, -0.2) is 4.68 Å². The summed E-state index contributed by atoms with van der Waals surface area (Å²) in [5, 5.41) is 17.5. The molecular formula is C18H19Cl2N5OS. The average molecular weight is 424 g/mol. The maximum atomic E-state index is 12.7. The molecule has 6 nitrogen and oxygen atoms in total. The molecule has 0 aliphatic heterocycles.